The van der Waals surface area contributed by atoms with Crippen LogP contribution in [0.2, 0.25) is 0 Å². The van der Waals surface area contributed by atoms with Crippen LogP contribution in [-0.2, 0) is 16.4 Å². The van der Waals surface area contributed by atoms with Crippen LogP contribution < -0.4 is 5.32 Å². The van der Waals surface area contributed by atoms with Gasteiger partial charge in [0.15, 0.2) is 9.84 Å². The molecule has 0 aliphatic carbocycles. The molecule has 1 N–H and O–H groups in total. The zero-order valence-corrected chi connectivity index (χ0v) is 11.1. The molecule has 0 spiro atoms. The molecule has 4 nitrogen and oxygen atoms in total. The molecule has 0 aromatic heterocycles. The van der Waals surface area contributed by atoms with E-state index < -0.39 is 9.84 Å². The van der Waals surface area contributed by atoms with E-state index in [1.165, 1.54) is 5.56 Å². The lowest BCUT2D eigenvalue weighted by atomic mass is 10.1. The molecule has 0 radical (unpaired) electrons. The summed E-state index contributed by atoms with van der Waals surface area (Å²) in [5, 5.41) is 3.33. The second kappa shape index (κ2) is 4.64. The van der Waals surface area contributed by atoms with Gasteiger partial charge in [-0.3, -0.25) is 4.90 Å². The lowest BCUT2D eigenvalue weighted by Crippen LogP contribution is -2.56. The van der Waals surface area contributed by atoms with E-state index in [4.69, 9.17) is 0 Å². The highest BCUT2D eigenvalue weighted by Gasteiger charge is 2.42. The highest BCUT2D eigenvalue weighted by molar-refractivity contribution is 7.91. The van der Waals surface area contributed by atoms with Crippen LogP contribution in [0.3, 0.4) is 0 Å². The van der Waals surface area contributed by atoms with Crippen molar-refractivity contribution in [2.75, 3.05) is 24.6 Å². The van der Waals surface area contributed by atoms with Crippen molar-refractivity contribution in [2.45, 2.75) is 18.6 Å². The summed E-state index contributed by atoms with van der Waals surface area (Å²) >= 11 is 0. The second-order valence-corrected chi connectivity index (χ2v) is 7.31. The van der Waals surface area contributed by atoms with Crippen molar-refractivity contribution in [3.63, 3.8) is 0 Å². The normalized spacial score (nSPS) is 31.1. The van der Waals surface area contributed by atoms with E-state index in [0.717, 1.165) is 19.6 Å². The summed E-state index contributed by atoms with van der Waals surface area (Å²) in [5.41, 5.74) is 1.25. The van der Waals surface area contributed by atoms with E-state index in [1.807, 2.05) is 18.2 Å². The van der Waals surface area contributed by atoms with Gasteiger partial charge in [0.05, 0.1) is 11.5 Å². The van der Waals surface area contributed by atoms with E-state index in [0.29, 0.717) is 11.5 Å². The summed E-state index contributed by atoms with van der Waals surface area (Å²) in [6.07, 6.45) is 0. The third kappa shape index (κ3) is 2.43. The van der Waals surface area contributed by atoms with E-state index in [9.17, 15) is 8.42 Å². The van der Waals surface area contributed by atoms with Crippen molar-refractivity contribution in [2.24, 2.45) is 0 Å². The van der Waals surface area contributed by atoms with Gasteiger partial charge in [0.2, 0.25) is 0 Å². The molecule has 0 unspecified atom stereocenters. The molecule has 0 bridgehead atoms. The Labute approximate surface area is 108 Å². The van der Waals surface area contributed by atoms with Crippen molar-refractivity contribution in [3.8, 4) is 0 Å². The molecule has 0 amide bonds. The first-order valence-corrected chi connectivity index (χ1v) is 8.18. The van der Waals surface area contributed by atoms with Gasteiger partial charge >= 0.3 is 0 Å². The van der Waals surface area contributed by atoms with Crippen LogP contribution in [0.15, 0.2) is 30.3 Å². The van der Waals surface area contributed by atoms with E-state index in [1.54, 1.807) is 0 Å². The molecule has 2 saturated heterocycles. The number of piperazine rings is 1. The lowest BCUT2D eigenvalue weighted by molar-refractivity contribution is 0.141. The summed E-state index contributed by atoms with van der Waals surface area (Å²) in [4.78, 5) is 2.31. The van der Waals surface area contributed by atoms with Gasteiger partial charge in [-0.1, -0.05) is 30.3 Å². The van der Waals surface area contributed by atoms with Crippen LogP contribution in [0.1, 0.15) is 5.56 Å². The van der Waals surface area contributed by atoms with Crippen molar-refractivity contribution in [1.29, 1.82) is 0 Å². The Balaban J connectivity index is 1.76. The third-order valence-electron chi connectivity index (χ3n) is 3.83. The number of fused-ring (bicyclic) bond motifs is 1. The topological polar surface area (TPSA) is 49.4 Å². The summed E-state index contributed by atoms with van der Waals surface area (Å²) in [5.74, 6) is 0.598. The van der Waals surface area contributed by atoms with Gasteiger partial charge in [-0.2, -0.15) is 0 Å². The summed E-state index contributed by atoms with van der Waals surface area (Å²) in [6.45, 7) is 2.65. The van der Waals surface area contributed by atoms with Gasteiger partial charge in [0.1, 0.15) is 0 Å². The zero-order chi connectivity index (χ0) is 12.6. The zero-order valence-electron chi connectivity index (χ0n) is 10.2. The Bertz CT molecular complexity index is 515. The maximum absolute atomic E-state index is 11.7. The highest BCUT2D eigenvalue weighted by Crippen LogP contribution is 2.22. The number of hydrogen-bond acceptors (Lipinski definition) is 4. The standard InChI is InChI=1S/C13H18N2O2S/c16-18(17)9-12-13(10-18)15(7-6-14-12)8-11-4-2-1-3-5-11/h1-5,12-14H,6-10H2/t12-,13+/m0/s1. The Hall–Kier alpha value is -0.910. The monoisotopic (exact) mass is 266 g/mol. The van der Waals surface area contributed by atoms with E-state index in [-0.39, 0.29) is 12.1 Å². The molecule has 0 saturated carbocycles. The van der Waals surface area contributed by atoms with Crippen LogP contribution >= 0.6 is 0 Å². The minimum Gasteiger partial charge on any atom is -0.310 e. The molecule has 3 rings (SSSR count). The van der Waals surface area contributed by atoms with E-state index in [2.05, 4.69) is 22.3 Å². The average Bonchev–Trinajstić information content (AvgIpc) is 2.66. The van der Waals surface area contributed by atoms with Crippen LogP contribution in [0.5, 0.6) is 0 Å². The molecule has 1 aromatic carbocycles. The molecule has 2 aliphatic rings. The molecule has 18 heavy (non-hydrogen) atoms. The first-order chi connectivity index (χ1) is 8.64. The van der Waals surface area contributed by atoms with Gasteiger partial charge in [-0.15, -0.1) is 0 Å². The Morgan fingerprint density at radius 1 is 1.22 bits per heavy atom. The smallest absolute Gasteiger partial charge is 0.153 e. The van der Waals surface area contributed by atoms with Crippen LogP contribution in [-0.4, -0.2) is 50.0 Å². The van der Waals surface area contributed by atoms with Crippen molar-refractivity contribution in [1.82, 2.24) is 10.2 Å². The molecule has 98 valence electrons. The van der Waals surface area contributed by atoms with Crippen molar-refractivity contribution >= 4 is 9.84 Å². The first-order valence-electron chi connectivity index (χ1n) is 6.36. The minimum atomic E-state index is -2.86. The predicted molar refractivity (Wildman–Crippen MR) is 71.1 cm³/mol. The van der Waals surface area contributed by atoms with Crippen molar-refractivity contribution in [3.05, 3.63) is 35.9 Å². The fraction of sp³-hybridized carbons (Fsp3) is 0.538. The Morgan fingerprint density at radius 2 is 2.00 bits per heavy atom. The predicted octanol–water partition coefficient (Wildman–Crippen LogP) is 0.257. The number of rotatable bonds is 2. The first kappa shape index (κ1) is 12.1. The largest absolute Gasteiger partial charge is 0.310 e. The van der Waals surface area contributed by atoms with Gasteiger partial charge in [-0.25, -0.2) is 8.42 Å². The van der Waals surface area contributed by atoms with Crippen LogP contribution in [0.4, 0.5) is 0 Å². The molecule has 1 aromatic rings. The number of nitrogens with one attached hydrogen (secondary N) is 1. The maximum Gasteiger partial charge on any atom is 0.153 e. The van der Waals surface area contributed by atoms with Crippen molar-refractivity contribution < 1.29 is 8.42 Å². The molecular formula is C13H18N2O2S. The fourth-order valence-electron chi connectivity index (χ4n) is 2.96. The Morgan fingerprint density at radius 3 is 2.78 bits per heavy atom. The molecule has 2 fully saturated rings. The number of nitrogens with zero attached hydrogens (tertiary/aromatic N) is 1. The molecular weight excluding hydrogens is 248 g/mol. The molecule has 2 aliphatic heterocycles. The summed E-state index contributed by atoms with van der Waals surface area (Å²) in [7, 11) is -2.86. The number of sulfone groups is 1. The van der Waals surface area contributed by atoms with Gasteiger partial charge in [0, 0.05) is 31.7 Å². The van der Waals surface area contributed by atoms with Gasteiger partial charge in [-0.05, 0) is 5.56 Å². The van der Waals surface area contributed by atoms with E-state index >= 15 is 0 Å². The number of hydrogen-bond donors (Lipinski definition) is 1. The fourth-order valence-corrected chi connectivity index (χ4v) is 4.94. The average molecular weight is 266 g/mol. The molecule has 2 heterocycles. The lowest BCUT2D eigenvalue weighted by Gasteiger charge is -2.37. The molecule has 5 heteroatoms. The van der Waals surface area contributed by atoms with Crippen LogP contribution in [0, 0.1) is 0 Å². The van der Waals surface area contributed by atoms with Gasteiger partial charge in [0.25, 0.3) is 0 Å². The quantitative estimate of drug-likeness (QED) is 0.834. The third-order valence-corrected chi connectivity index (χ3v) is 5.54. The molecule has 2 atom stereocenters. The Kier molecular flexibility index (Phi) is 3.13. The maximum atomic E-state index is 11.7. The SMILES string of the molecule is O=S1(=O)C[C@@H]2NCCN(Cc3ccccc3)[C@@H]2C1. The second-order valence-electron chi connectivity index (χ2n) is 5.16. The summed E-state index contributed by atoms with van der Waals surface area (Å²) < 4.78 is 23.5. The number of benzene rings is 1. The highest BCUT2D eigenvalue weighted by atomic mass is 32.2. The minimum absolute atomic E-state index is 0.118. The van der Waals surface area contributed by atoms with Gasteiger partial charge < -0.3 is 5.32 Å². The summed E-state index contributed by atoms with van der Waals surface area (Å²) in [6, 6.07) is 10.5. The van der Waals surface area contributed by atoms with Crippen LogP contribution in [0.25, 0.3) is 0 Å².